The number of phosphoric ester groups is 1. The summed E-state index contributed by atoms with van der Waals surface area (Å²) in [4.78, 5) is 35.1. The molecule has 14 heteroatoms. The Morgan fingerprint density at radius 1 is 0.614 bits per heavy atom. The monoisotopic (exact) mass is 655 g/mol. The van der Waals surface area contributed by atoms with Gasteiger partial charge in [0.2, 0.25) is 11.8 Å². The van der Waals surface area contributed by atoms with Gasteiger partial charge in [-0.25, -0.2) is 0 Å². The summed E-state index contributed by atoms with van der Waals surface area (Å²) in [6, 6.07) is 0. The third kappa shape index (κ3) is 30.9. The number of carbonyl (C=O) groups excluding carboxylic acids is 2. The van der Waals surface area contributed by atoms with Crippen LogP contribution in [-0.2, 0) is 46.9 Å². The molecule has 0 aliphatic carbocycles. The molecule has 0 aliphatic rings. The second-order valence-electron chi connectivity index (χ2n) is 10.5. The van der Waals surface area contributed by atoms with Crippen LogP contribution in [0, 0.1) is 0 Å². The van der Waals surface area contributed by atoms with Gasteiger partial charge >= 0.3 is 0 Å². The lowest BCUT2D eigenvalue weighted by Crippen LogP contribution is -2.29. The molecule has 0 aromatic heterocycles. The first-order valence-corrected chi connectivity index (χ1v) is 17.6. The zero-order chi connectivity index (χ0) is 32.6. The minimum absolute atomic E-state index is 0.00893. The molecule has 2 amide bonds. The standard InChI is InChI=1S/C30H61N2O11P/c1-37-22-24-41-27-28(42-25-23-38-2)26-40-20-15-19-32-30(34)17-14-16-29(33)31-18-12-10-8-6-4-5-7-9-11-13-21-43-44(35,36)39-3/h28H,4-27H2,1-3H3,(H,31,33)(H,32,34)(H,35,36)/p-1. The fourth-order valence-electron chi connectivity index (χ4n) is 4.10. The Kier molecular flexibility index (Phi) is 31.0. The van der Waals surface area contributed by atoms with Crippen LogP contribution in [0.1, 0.15) is 89.9 Å². The predicted octanol–water partition coefficient (Wildman–Crippen LogP) is 3.52. The zero-order valence-electron chi connectivity index (χ0n) is 27.5. The molecule has 0 aromatic carbocycles. The number of rotatable bonds is 34. The van der Waals surface area contributed by atoms with Gasteiger partial charge in [-0.15, -0.1) is 0 Å². The van der Waals surface area contributed by atoms with E-state index in [0.29, 0.717) is 91.4 Å². The fourth-order valence-corrected chi connectivity index (χ4v) is 4.56. The first-order chi connectivity index (χ1) is 21.3. The van der Waals surface area contributed by atoms with E-state index in [-0.39, 0.29) is 24.5 Å². The molecule has 0 fully saturated rings. The number of ether oxygens (including phenoxy) is 5. The van der Waals surface area contributed by atoms with Crippen molar-refractivity contribution in [3.8, 4) is 0 Å². The number of carbonyl (C=O) groups is 2. The molecule has 0 bridgehead atoms. The summed E-state index contributed by atoms with van der Waals surface area (Å²) in [5.41, 5.74) is 0. The maximum atomic E-state index is 12.0. The Hall–Kier alpha value is -1.15. The second-order valence-corrected chi connectivity index (χ2v) is 12.1. The van der Waals surface area contributed by atoms with Gasteiger partial charge in [-0.3, -0.25) is 14.2 Å². The molecule has 0 aliphatic heterocycles. The first kappa shape index (κ1) is 42.9. The maximum absolute atomic E-state index is 12.0. The maximum Gasteiger partial charge on any atom is 0.267 e. The van der Waals surface area contributed by atoms with Gasteiger partial charge in [0.1, 0.15) is 6.10 Å². The Bertz CT molecular complexity index is 718. The van der Waals surface area contributed by atoms with Gasteiger partial charge in [-0.05, 0) is 25.7 Å². The van der Waals surface area contributed by atoms with Gasteiger partial charge in [-0.2, -0.15) is 0 Å². The molecule has 0 spiro atoms. The molecule has 0 radical (unpaired) electrons. The molecule has 44 heavy (non-hydrogen) atoms. The molecule has 0 rings (SSSR count). The number of hydrogen-bond donors (Lipinski definition) is 2. The average Bonchev–Trinajstić information content (AvgIpc) is 3.00. The van der Waals surface area contributed by atoms with Crippen molar-refractivity contribution < 1.29 is 51.8 Å². The van der Waals surface area contributed by atoms with Gasteiger partial charge in [-0.1, -0.05) is 51.4 Å². The van der Waals surface area contributed by atoms with Crippen LogP contribution < -0.4 is 15.5 Å². The van der Waals surface area contributed by atoms with Crippen molar-refractivity contribution in [1.29, 1.82) is 0 Å². The van der Waals surface area contributed by atoms with Crippen LogP contribution in [0.4, 0.5) is 0 Å². The van der Waals surface area contributed by atoms with Crippen LogP contribution >= 0.6 is 7.82 Å². The Balaban J connectivity index is 3.55. The molecule has 0 aromatic rings. The van der Waals surface area contributed by atoms with Crippen molar-refractivity contribution in [2.24, 2.45) is 0 Å². The van der Waals surface area contributed by atoms with Crippen LogP contribution in [-0.4, -0.2) is 105 Å². The van der Waals surface area contributed by atoms with Gasteiger partial charge in [0.05, 0.1) is 46.2 Å². The Morgan fingerprint density at radius 3 is 1.68 bits per heavy atom. The molecule has 262 valence electrons. The summed E-state index contributed by atoms with van der Waals surface area (Å²) in [6.07, 6.45) is 12.3. The van der Waals surface area contributed by atoms with E-state index in [1.54, 1.807) is 14.2 Å². The molecule has 0 saturated carbocycles. The summed E-state index contributed by atoms with van der Waals surface area (Å²) >= 11 is 0. The van der Waals surface area contributed by atoms with Gasteiger partial charge < -0.3 is 48.3 Å². The highest BCUT2D eigenvalue weighted by molar-refractivity contribution is 7.45. The second kappa shape index (κ2) is 31.8. The smallest absolute Gasteiger partial charge is 0.267 e. The number of nitrogens with one attached hydrogen (secondary N) is 2. The van der Waals surface area contributed by atoms with Gasteiger partial charge in [0.15, 0.2) is 0 Å². The van der Waals surface area contributed by atoms with E-state index in [4.69, 9.17) is 23.7 Å². The highest BCUT2D eigenvalue weighted by Gasteiger charge is 2.10. The SMILES string of the molecule is COCCOCC(COCCCNC(=O)CCCC(=O)NCCCCCCCCCCCCOP(=O)([O-])OC)OCCOC. The quantitative estimate of drug-likeness (QED) is 0.0770. The largest absolute Gasteiger partial charge is 0.756 e. The molecular weight excluding hydrogens is 595 g/mol. The third-order valence-corrected chi connectivity index (χ3v) is 7.59. The molecule has 2 atom stereocenters. The molecule has 2 unspecified atom stereocenters. The fraction of sp³-hybridized carbons (Fsp3) is 0.933. The first-order valence-electron chi connectivity index (χ1n) is 16.1. The van der Waals surface area contributed by atoms with E-state index in [1.807, 2.05) is 0 Å². The zero-order valence-corrected chi connectivity index (χ0v) is 28.4. The number of methoxy groups -OCH3 is 2. The lowest BCUT2D eigenvalue weighted by atomic mass is 10.1. The highest BCUT2D eigenvalue weighted by atomic mass is 31.2. The van der Waals surface area contributed by atoms with Crippen molar-refractivity contribution >= 4 is 19.6 Å². The average molecular weight is 656 g/mol. The molecular formula is C30H60N2O11P-. The number of amides is 2. The van der Waals surface area contributed by atoms with Crippen molar-refractivity contribution in [3.63, 3.8) is 0 Å². The van der Waals surface area contributed by atoms with Gasteiger partial charge in [0.25, 0.3) is 7.82 Å². The number of hydrogen-bond acceptors (Lipinski definition) is 11. The van der Waals surface area contributed by atoms with E-state index in [9.17, 15) is 19.0 Å². The topological polar surface area (TPSA) is 163 Å². The van der Waals surface area contributed by atoms with E-state index in [1.165, 1.54) is 19.3 Å². The van der Waals surface area contributed by atoms with Crippen LogP contribution in [0.3, 0.4) is 0 Å². The predicted molar refractivity (Wildman–Crippen MR) is 166 cm³/mol. The summed E-state index contributed by atoms with van der Waals surface area (Å²) in [5.74, 6) is -0.0673. The minimum atomic E-state index is -4.09. The van der Waals surface area contributed by atoms with E-state index in [0.717, 1.165) is 45.6 Å². The molecule has 0 heterocycles. The lowest BCUT2D eigenvalue weighted by molar-refractivity contribution is -0.223. The van der Waals surface area contributed by atoms with Crippen molar-refractivity contribution in [3.05, 3.63) is 0 Å². The van der Waals surface area contributed by atoms with E-state index < -0.39 is 7.82 Å². The van der Waals surface area contributed by atoms with Crippen molar-refractivity contribution in [2.75, 3.05) is 87.3 Å². The number of unbranched alkanes of at least 4 members (excludes halogenated alkanes) is 9. The van der Waals surface area contributed by atoms with Crippen LogP contribution in [0.2, 0.25) is 0 Å². The normalized spacial score (nSPS) is 13.5. The summed E-state index contributed by atoms with van der Waals surface area (Å²) < 4.78 is 46.9. The Morgan fingerprint density at radius 2 is 1.11 bits per heavy atom. The molecule has 0 saturated heterocycles. The van der Waals surface area contributed by atoms with Crippen molar-refractivity contribution in [2.45, 2.75) is 96.0 Å². The molecule has 2 N–H and O–H groups in total. The van der Waals surface area contributed by atoms with E-state index >= 15 is 0 Å². The van der Waals surface area contributed by atoms with Crippen LogP contribution in [0.25, 0.3) is 0 Å². The number of phosphoric acid groups is 1. The van der Waals surface area contributed by atoms with Gasteiger partial charge in [0, 0.05) is 53.9 Å². The summed E-state index contributed by atoms with van der Waals surface area (Å²) in [5, 5.41) is 5.81. The van der Waals surface area contributed by atoms with Crippen LogP contribution in [0.15, 0.2) is 0 Å². The minimum Gasteiger partial charge on any atom is -0.756 e. The van der Waals surface area contributed by atoms with Crippen molar-refractivity contribution in [1.82, 2.24) is 10.6 Å². The summed E-state index contributed by atoms with van der Waals surface area (Å²) in [6.45, 7) is 4.65. The lowest BCUT2D eigenvalue weighted by Gasteiger charge is -2.19. The molecule has 13 nitrogen and oxygen atoms in total. The van der Waals surface area contributed by atoms with Crippen LogP contribution in [0.5, 0.6) is 0 Å². The summed E-state index contributed by atoms with van der Waals surface area (Å²) in [7, 11) is 0.258. The highest BCUT2D eigenvalue weighted by Crippen LogP contribution is 2.36. The Labute approximate surface area is 265 Å². The third-order valence-electron chi connectivity index (χ3n) is 6.64. The van der Waals surface area contributed by atoms with E-state index in [2.05, 4.69) is 19.7 Å².